The highest BCUT2D eigenvalue weighted by atomic mass is 32.2. The summed E-state index contributed by atoms with van der Waals surface area (Å²) in [6.45, 7) is 5.49. The van der Waals surface area contributed by atoms with E-state index in [1.807, 2.05) is 53.4 Å². The Balaban J connectivity index is 1.21. The normalized spacial score (nSPS) is 18.7. The minimum atomic E-state index is -4.00. The number of rotatable bonds is 9. The van der Waals surface area contributed by atoms with Crippen molar-refractivity contribution in [3.63, 3.8) is 0 Å². The topological polar surface area (TPSA) is 113 Å². The van der Waals surface area contributed by atoms with Crippen molar-refractivity contribution in [1.82, 2.24) is 23.4 Å². The van der Waals surface area contributed by atoms with Crippen LogP contribution in [0.2, 0.25) is 0 Å². The van der Waals surface area contributed by atoms with Crippen LogP contribution in [0, 0.1) is 0 Å². The Bertz CT molecular complexity index is 2190. The van der Waals surface area contributed by atoms with Gasteiger partial charge in [0.05, 0.1) is 25.5 Å². The van der Waals surface area contributed by atoms with Crippen LogP contribution in [-0.2, 0) is 32.9 Å². The molecule has 12 heteroatoms. The molecule has 4 aromatic rings. The zero-order valence-electron chi connectivity index (χ0n) is 31.8. The third-order valence-electron chi connectivity index (χ3n) is 11.9. The average Bonchev–Trinajstić information content (AvgIpc) is 3.43. The second-order valence-electron chi connectivity index (χ2n) is 15.5. The van der Waals surface area contributed by atoms with E-state index in [1.165, 1.54) is 26.1 Å². The number of carbonyl (C=O) groups is 2. The van der Waals surface area contributed by atoms with E-state index in [4.69, 9.17) is 9.47 Å². The van der Waals surface area contributed by atoms with E-state index < -0.39 is 16.1 Å². The monoisotopic (exact) mass is 765 g/mol. The molecule has 1 saturated carbocycles. The number of fused-ring (bicyclic) bond motifs is 5. The van der Waals surface area contributed by atoms with Crippen LogP contribution in [0.5, 0.6) is 5.75 Å². The van der Waals surface area contributed by atoms with Gasteiger partial charge < -0.3 is 18.9 Å². The number of carbonyl (C=O) groups excluding carboxylic acids is 2. The molecule has 11 nitrogen and oxygen atoms in total. The number of amides is 2. The summed E-state index contributed by atoms with van der Waals surface area (Å²) in [5, 5.41) is 1.03. The third kappa shape index (κ3) is 7.82. The maximum atomic E-state index is 14.7. The molecule has 0 unspecified atom stereocenters. The van der Waals surface area contributed by atoms with Crippen LogP contribution >= 0.6 is 0 Å². The molecule has 0 radical (unpaired) electrons. The third-order valence-corrected chi connectivity index (χ3v) is 13.3. The number of morpholine rings is 1. The van der Waals surface area contributed by atoms with Gasteiger partial charge in [-0.25, -0.2) is 4.72 Å². The Hall–Kier alpha value is -4.49. The predicted octanol–water partition coefficient (Wildman–Crippen LogP) is 6.19. The number of aromatic nitrogens is 1. The Labute approximate surface area is 324 Å². The quantitative estimate of drug-likeness (QED) is 0.216. The minimum Gasteiger partial charge on any atom is -0.489 e. The first-order valence-electron chi connectivity index (χ1n) is 19.7. The molecule has 2 amide bonds. The lowest BCUT2D eigenvalue weighted by Crippen LogP contribution is -2.50. The van der Waals surface area contributed by atoms with E-state index in [-0.39, 0.29) is 11.5 Å². The summed E-state index contributed by atoms with van der Waals surface area (Å²) in [7, 11) is -1.23. The number of ether oxygens (including phenoxy) is 2. The Kier molecular flexibility index (Phi) is 10.8. The van der Waals surface area contributed by atoms with Crippen LogP contribution in [0.3, 0.4) is 0 Å². The molecule has 0 bridgehead atoms. The van der Waals surface area contributed by atoms with Crippen LogP contribution in [0.15, 0.2) is 72.3 Å². The van der Waals surface area contributed by atoms with Crippen molar-refractivity contribution in [3.8, 4) is 17.0 Å². The van der Waals surface area contributed by atoms with Crippen molar-refractivity contribution in [2.45, 2.75) is 70.1 Å². The first-order valence-corrected chi connectivity index (χ1v) is 21.1. The van der Waals surface area contributed by atoms with Crippen LogP contribution in [-0.4, -0.2) is 98.4 Å². The molecule has 3 aliphatic heterocycles. The number of hydrogen-bond donors (Lipinski definition) is 1. The van der Waals surface area contributed by atoms with E-state index in [2.05, 4.69) is 26.3 Å². The fourth-order valence-electron chi connectivity index (χ4n) is 8.86. The molecule has 0 atom stereocenters. The smallest absolute Gasteiger partial charge is 0.303 e. The van der Waals surface area contributed by atoms with Crippen LogP contribution in [0.4, 0.5) is 0 Å². The Morgan fingerprint density at radius 3 is 2.36 bits per heavy atom. The highest BCUT2D eigenvalue weighted by Crippen LogP contribution is 2.47. The summed E-state index contributed by atoms with van der Waals surface area (Å²) < 4.78 is 42.6. The molecule has 1 N–H and O–H groups in total. The Morgan fingerprint density at radius 2 is 1.64 bits per heavy atom. The lowest BCUT2D eigenvalue weighted by molar-refractivity contribution is -0.129. The van der Waals surface area contributed by atoms with Crippen molar-refractivity contribution in [3.05, 3.63) is 94.6 Å². The minimum absolute atomic E-state index is 0.0156. The molecular weight excluding hydrogens is 715 g/mol. The molecule has 1 aliphatic carbocycles. The number of nitrogens with one attached hydrogen (secondary N) is 1. The van der Waals surface area contributed by atoms with Gasteiger partial charge in [0.15, 0.2) is 0 Å². The van der Waals surface area contributed by atoms with Crippen LogP contribution < -0.4 is 9.46 Å². The van der Waals surface area contributed by atoms with Gasteiger partial charge in [0, 0.05) is 73.9 Å². The summed E-state index contributed by atoms with van der Waals surface area (Å²) in [6, 6.07) is 22.2. The number of hydrogen-bond acceptors (Lipinski definition) is 7. The highest BCUT2D eigenvalue weighted by Gasteiger charge is 2.34. The van der Waals surface area contributed by atoms with Gasteiger partial charge in [0.1, 0.15) is 12.4 Å². The molecule has 1 aromatic heterocycles. The molecule has 2 saturated heterocycles. The van der Waals surface area contributed by atoms with E-state index in [0.717, 1.165) is 108 Å². The maximum absolute atomic E-state index is 14.7. The lowest BCUT2D eigenvalue weighted by Gasteiger charge is -2.40. The van der Waals surface area contributed by atoms with Gasteiger partial charge >= 0.3 is 10.2 Å². The average molecular weight is 766 g/mol. The number of benzene rings is 3. The van der Waals surface area contributed by atoms with E-state index in [1.54, 1.807) is 12.1 Å². The van der Waals surface area contributed by atoms with Crippen molar-refractivity contribution in [1.29, 1.82) is 0 Å². The summed E-state index contributed by atoms with van der Waals surface area (Å²) in [6.07, 6.45) is 9.49. The summed E-state index contributed by atoms with van der Waals surface area (Å²) in [5.74, 6) is 0.345. The van der Waals surface area contributed by atoms with E-state index in [0.29, 0.717) is 43.8 Å². The molecule has 4 aliphatic rings. The van der Waals surface area contributed by atoms with Crippen LogP contribution in [0.25, 0.3) is 28.2 Å². The summed E-state index contributed by atoms with van der Waals surface area (Å²) in [4.78, 5) is 32.6. The number of likely N-dealkylation sites (tertiary alicyclic amines) is 1. The van der Waals surface area contributed by atoms with E-state index in [9.17, 15) is 18.0 Å². The van der Waals surface area contributed by atoms with Gasteiger partial charge in [-0.3, -0.25) is 14.5 Å². The fraction of sp³-hybridized carbons (Fsp3) is 0.442. The van der Waals surface area contributed by atoms with Crippen molar-refractivity contribution < 1.29 is 27.5 Å². The molecule has 3 aromatic carbocycles. The summed E-state index contributed by atoms with van der Waals surface area (Å²) >= 11 is 0. The first-order chi connectivity index (χ1) is 26.7. The second-order valence-corrected chi connectivity index (χ2v) is 17.4. The molecule has 0 spiro atoms. The molecule has 290 valence electrons. The van der Waals surface area contributed by atoms with Crippen molar-refractivity contribution >= 4 is 39.0 Å². The van der Waals surface area contributed by atoms with Gasteiger partial charge in [0.25, 0.3) is 11.8 Å². The van der Waals surface area contributed by atoms with Gasteiger partial charge in [-0.1, -0.05) is 55.7 Å². The predicted molar refractivity (Wildman–Crippen MR) is 214 cm³/mol. The number of nitrogens with zero attached hydrogens (tertiary/aromatic N) is 4. The van der Waals surface area contributed by atoms with Crippen molar-refractivity contribution in [2.24, 2.45) is 0 Å². The SMILES string of the molecule is CN(C)S(=O)(=O)NC(=O)c1ccc2c(C3CCCCC3)c3n(c2c1)CC(C(=O)N1CCC(N2CCOCC2)CC1)=Cc1cc(OCc2ccccc2)ccc1-3. The second kappa shape index (κ2) is 15.9. The van der Waals surface area contributed by atoms with Gasteiger partial charge in [-0.15, -0.1) is 0 Å². The lowest BCUT2D eigenvalue weighted by atomic mass is 9.81. The van der Waals surface area contributed by atoms with Crippen molar-refractivity contribution in [2.75, 3.05) is 53.5 Å². The highest BCUT2D eigenvalue weighted by molar-refractivity contribution is 7.87. The summed E-state index contributed by atoms with van der Waals surface area (Å²) in [5.41, 5.74) is 7.01. The Morgan fingerprint density at radius 1 is 0.891 bits per heavy atom. The number of piperidine rings is 1. The van der Waals surface area contributed by atoms with Crippen LogP contribution in [0.1, 0.15) is 77.9 Å². The molecular formula is C43H51N5O6S. The first kappa shape index (κ1) is 37.4. The van der Waals surface area contributed by atoms with Gasteiger partial charge in [-0.2, -0.15) is 12.7 Å². The fourth-order valence-corrected chi connectivity index (χ4v) is 9.40. The van der Waals surface area contributed by atoms with Gasteiger partial charge in [0.2, 0.25) is 0 Å². The van der Waals surface area contributed by atoms with Gasteiger partial charge in [-0.05, 0) is 84.7 Å². The molecule has 55 heavy (non-hydrogen) atoms. The maximum Gasteiger partial charge on any atom is 0.303 e. The molecule has 4 heterocycles. The standard InChI is InChI=1S/C43H51N5O6S/c1-45(2)55(51,52)44-42(49)32-13-15-38-39(27-32)48-28-34(43(50)47-19-17-35(18-20-47)46-21-23-53-24-22-46)25-33-26-36(54-29-30-9-5-3-6-10-30)14-16-37(33)41(48)40(38)31-11-7-4-8-12-31/h3,5-6,9-10,13-16,25-27,31,35H,4,7-8,11-12,17-24,28-29H2,1-2H3,(H,44,49). The zero-order chi connectivity index (χ0) is 38.1. The van der Waals surface area contributed by atoms with E-state index >= 15 is 0 Å². The molecule has 3 fully saturated rings. The zero-order valence-corrected chi connectivity index (χ0v) is 32.7. The molecule has 8 rings (SSSR count). The largest absolute Gasteiger partial charge is 0.489 e.